The van der Waals surface area contributed by atoms with E-state index in [2.05, 4.69) is 10.5 Å². The Bertz CT molecular complexity index is 267. The quantitative estimate of drug-likeness (QED) is 0.394. The standard InChI is InChI=1S/C8H9NO3/c10-7-5-9-4-2-1-3-6(9)8(11)12-7/h1,4,6,8,11H,3,5H2. The summed E-state index contributed by atoms with van der Waals surface area (Å²) in [5, 5.41) is 9.32. The fourth-order valence-corrected chi connectivity index (χ4v) is 1.41. The van der Waals surface area contributed by atoms with Crippen LogP contribution in [0.5, 0.6) is 0 Å². The van der Waals surface area contributed by atoms with Gasteiger partial charge in [0.25, 0.3) is 0 Å². The molecular weight excluding hydrogens is 158 g/mol. The highest BCUT2D eigenvalue weighted by atomic mass is 16.6. The highest BCUT2D eigenvalue weighted by Crippen LogP contribution is 2.19. The Morgan fingerprint density at radius 3 is 3.42 bits per heavy atom. The van der Waals surface area contributed by atoms with Crippen LogP contribution in [-0.2, 0) is 9.53 Å². The minimum Gasteiger partial charge on any atom is -0.432 e. The molecule has 64 valence electrons. The Morgan fingerprint density at radius 2 is 2.58 bits per heavy atom. The monoisotopic (exact) mass is 167 g/mol. The summed E-state index contributed by atoms with van der Waals surface area (Å²) in [6.07, 6.45) is 3.17. The average Bonchev–Trinajstić information content (AvgIpc) is 2.04. The lowest BCUT2D eigenvalue weighted by Crippen LogP contribution is -2.51. The highest BCUT2D eigenvalue weighted by molar-refractivity contribution is 5.72. The molecule has 2 aliphatic rings. The number of hydrogen-bond donors (Lipinski definition) is 1. The van der Waals surface area contributed by atoms with Crippen LogP contribution in [0.4, 0.5) is 0 Å². The first-order valence-corrected chi connectivity index (χ1v) is 3.82. The maximum atomic E-state index is 10.8. The topological polar surface area (TPSA) is 49.8 Å². The van der Waals surface area contributed by atoms with Crippen molar-refractivity contribution in [3.63, 3.8) is 0 Å². The SMILES string of the molecule is O=C1CN2C=C=CCC2C(O)O1. The molecule has 2 rings (SSSR count). The molecule has 0 aromatic rings. The van der Waals surface area contributed by atoms with Crippen LogP contribution in [0.25, 0.3) is 0 Å². The maximum absolute atomic E-state index is 10.8. The third kappa shape index (κ3) is 1.11. The van der Waals surface area contributed by atoms with Crippen LogP contribution in [0.3, 0.4) is 0 Å². The Hall–Kier alpha value is -1.25. The number of rotatable bonds is 0. The van der Waals surface area contributed by atoms with Gasteiger partial charge in [0.15, 0.2) is 0 Å². The predicted octanol–water partition coefficient (Wildman–Crippen LogP) is -0.395. The maximum Gasteiger partial charge on any atom is 0.327 e. The van der Waals surface area contributed by atoms with Gasteiger partial charge < -0.3 is 14.7 Å². The molecule has 4 heteroatoms. The number of aliphatic hydroxyl groups is 1. The molecule has 2 heterocycles. The van der Waals surface area contributed by atoms with E-state index in [9.17, 15) is 9.90 Å². The van der Waals surface area contributed by atoms with Crippen molar-refractivity contribution < 1.29 is 14.6 Å². The number of carbonyl (C=O) groups excluding carboxylic acids is 1. The summed E-state index contributed by atoms with van der Waals surface area (Å²) >= 11 is 0. The van der Waals surface area contributed by atoms with Crippen LogP contribution in [-0.4, -0.2) is 34.9 Å². The summed E-state index contributed by atoms with van der Waals surface area (Å²) in [5.41, 5.74) is 2.88. The highest BCUT2D eigenvalue weighted by Gasteiger charge is 2.33. The van der Waals surface area contributed by atoms with Crippen molar-refractivity contribution >= 4 is 5.97 Å². The molecule has 4 nitrogen and oxygen atoms in total. The summed E-state index contributed by atoms with van der Waals surface area (Å²) in [6.45, 7) is 0.211. The average molecular weight is 167 g/mol. The molecule has 0 spiro atoms. The predicted molar refractivity (Wildman–Crippen MR) is 39.9 cm³/mol. The van der Waals surface area contributed by atoms with E-state index in [1.807, 2.05) is 6.08 Å². The van der Waals surface area contributed by atoms with Gasteiger partial charge in [-0.15, -0.1) is 5.73 Å². The number of cyclic esters (lactones) is 1. The van der Waals surface area contributed by atoms with Gasteiger partial charge in [-0.3, -0.25) is 4.79 Å². The first kappa shape index (κ1) is 7.40. The third-order valence-electron chi connectivity index (χ3n) is 2.04. The number of fused-ring (bicyclic) bond motifs is 1. The number of ether oxygens (including phenoxy) is 1. The van der Waals surface area contributed by atoms with Crippen molar-refractivity contribution in [1.82, 2.24) is 4.90 Å². The number of morpholine rings is 1. The zero-order chi connectivity index (χ0) is 8.55. The largest absolute Gasteiger partial charge is 0.432 e. The Balaban J connectivity index is 2.20. The van der Waals surface area contributed by atoms with E-state index in [0.717, 1.165) is 0 Å². The molecule has 1 fully saturated rings. The van der Waals surface area contributed by atoms with Crippen LogP contribution < -0.4 is 0 Å². The molecule has 12 heavy (non-hydrogen) atoms. The van der Waals surface area contributed by atoms with E-state index in [1.165, 1.54) is 0 Å². The molecule has 0 radical (unpaired) electrons. The molecule has 2 aliphatic heterocycles. The van der Waals surface area contributed by atoms with Gasteiger partial charge in [0.1, 0.15) is 6.54 Å². The van der Waals surface area contributed by atoms with E-state index >= 15 is 0 Å². The Labute approximate surface area is 69.7 Å². The molecule has 0 saturated carbocycles. The first-order valence-electron chi connectivity index (χ1n) is 3.82. The van der Waals surface area contributed by atoms with Crippen molar-refractivity contribution in [3.05, 3.63) is 18.0 Å². The number of hydrogen-bond acceptors (Lipinski definition) is 4. The second kappa shape index (κ2) is 2.66. The Morgan fingerprint density at radius 1 is 1.75 bits per heavy atom. The minimum absolute atomic E-state index is 0.121. The van der Waals surface area contributed by atoms with Crippen molar-refractivity contribution in [2.75, 3.05) is 6.54 Å². The fourth-order valence-electron chi connectivity index (χ4n) is 1.41. The molecule has 1 N–H and O–H groups in total. The zero-order valence-corrected chi connectivity index (χ0v) is 6.43. The molecule has 1 saturated heterocycles. The van der Waals surface area contributed by atoms with Crippen molar-refractivity contribution in [2.45, 2.75) is 18.8 Å². The van der Waals surface area contributed by atoms with E-state index < -0.39 is 12.3 Å². The second-order valence-corrected chi connectivity index (χ2v) is 2.86. The van der Waals surface area contributed by atoms with Crippen LogP contribution in [0, 0.1) is 0 Å². The normalized spacial score (nSPS) is 33.1. The summed E-state index contributed by atoms with van der Waals surface area (Å²) < 4.78 is 4.66. The van der Waals surface area contributed by atoms with E-state index in [1.54, 1.807) is 11.1 Å². The molecule has 2 unspecified atom stereocenters. The molecule has 0 aromatic carbocycles. The van der Waals surface area contributed by atoms with Gasteiger partial charge in [-0.05, 0) is 12.5 Å². The van der Waals surface area contributed by atoms with Crippen molar-refractivity contribution in [3.8, 4) is 0 Å². The van der Waals surface area contributed by atoms with Crippen molar-refractivity contribution in [2.24, 2.45) is 0 Å². The lowest BCUT2D eigenvalue weighted by atomic mass is 10.1. The van der Waals surface area contributed by atoms with Crippen LogP contribution in [0.1, 0.15) is 6.42 Å². The number of aliphatic hydroxyl groups excluding tert-OH is 1. The summed E-state index contributed by atoms with van der Waals surface area (Å²) in [7, 11) is 0. The van der Waals surface area contributed by atoms with E-state index in [4.69, 9.17) is 0 Å². The number of nitrogens with zero attached hydrogens (tertiary/aromatic N) is 1. The molecule has 0 aromatic heterocycles. The fraction of sp³-hybridized carbons (Fsp3) is 0.500. The van der Waals surface area contributed by atoms with Gasteiger partial charge in [-0.25, -0.2) is 0 Å². The molecule has 0 amide bonds. The lowest BCUT2D eigenvalue weighted by Gasteiger charge is -2.37. The van der Waals surface area contributed by atoms with Crippen LogP contribution >= 0.6 is 0 Å². The second-order valence-electron chi connectivity index (χ2n) is 2.86. The van der Waals surface area contributed by atoms with Gasteiger partial charge >= 0.3 is 5.97 Å². The van der Waals surface area contributed by atoms with E-state index in [-0.39, 0.29) is 12.6 Å². The summed E-state index contributed by atoms with van der Waals surface area (Å²) in [4.78, 5) is 12.6. The molecule has 0 bridgehead atoms. The van der Waals surface area contributed by atoms with E-state index in [0.29, 0.717) is 6.42 Å². The number of esters is 1. The summed E-state index contributed by atoms with van der Waals surface area (Å²) in [5.74, 6) is -0.390. The van der Waals surface area contributed by atoms with Crippen LogP contribution in [0.15, 0.2) is 18.0 Å². The van der Waals surface area contributed by atoms with Crippen molar-refractivity contribution in [1.29, 1.82) is 0 Å². The Kier molecular flexibility index (Phi) is 1.64. The van der Waals surface area contributed by atoms with Crippen LogP contribution in [0.2, 0.25) is 0 Å². The molecule has 0 aliphatic carbocycles. The number of carbonyl (C=O) groups is 1. The summed E-state index contributed by atoms with van der Waals surface area (Å²) in [6, 6.07) is -0.121. The van der Waals surface area contributed by atoms with Gasteiger partial charge in [0.2, 0.25) is 6.29 Å². The van der Waals surface area contributed by atoms with Gasteiger partial charge in [0, 0.05) is 6.20 Å². The minimum atomic E-state index is -0.999. The van der Waals surface area contributed by atoms with Gasteiger partial charge in [-0.1, -0.05) is 0 Å². The molecule has 2 atom stereocenters. The lowest BCUT2D eigenvalue weighted by molar-refractivity contribution is -0.193. The third-order valence-corrected chi connectivity index (χ3v) is 2.04. The smallest absolute Gasteiger partial charge is 0.327 e. The van der Waals surface area contributed by atoms with Gasteiger partial charge in [0.05, 0.1) is 6.04 Å². The molecular formula is C8H9NO3. The van der Waals surface area contributed by atoms with Gasteiger partial charge in [-0.2, -0.15) is 0 Å². The first-order chi connectivity index (χ1) is 5.77. The zero-order valence-electron chi connectivity index (χ0n) is 6.43.